The number of hydrogen-bond donors (Lipinski definition) is 0. The molecule has 0 saturated carbocycles. The number of fused-ring (bicyclic) bond motifs is 4. The maximum absolute atomic E-state index is 5.37. The minimum absolute atomic E-state index is 0.932. The van der Waals surface area contributed by atoms with Crippen LogP contribution in [0.15, 0.2) is 182 Å². The molecule has 0 radical (unpaired) electrons. The van der Waals surface area contributed by atoms with Gasteiger partial charge in [-0.2, -0.15) is 0 Å². The Kier molecular flexibility index (Phi) is 9.17. The summed E-state index contributed by atoms with van der Waals surface area (Å²) in [6.07, 6.45) is 1.88. The predicted molar refractivity (Wildman–Crippen MR) is 240 cm³/mol. The van der Waals surface area contributed by atoms with Crippen molar-refractivity contribution >= 4 is 43.1 Å². The first-order chi connectivity index (χ1) is 27.6. The second-order valence-corrected chi connectivity index (χ2v) is 14.3. The van der Waals surface area contributed by atoms with Gasteiger partial charge in [-0.3, -0.25) is 4.98 Å². The zero-order valence-electron chi connectivity index (χ0n) is 32.2. The molecule has 2 heteroatoms. The van der Waals surface area contributed by atoms with Crippen molar-refractivity contribution in [1.29, 1.82) is 0 Å². The lowest BCUT2D eigenvalue weighted by Crippen LogP contribution is -1.96. The number of aryl methyl sites for hydroxylation is 2. The van der Waals surface area contributed by atoms with Crippen molar-refractivity contribution < 1.29 is 0 Å². The van der Waals surface area contributed by atoms with Gasteiger partial charge in [0.05, 0.1) is 17.1 Å². The minimum atomic E-state index is 0.932. The lowest BCUT2D eigenvalue weighted by Gasteiger charge is -2.19. The van der Waals surface area contributed by atoms with Crippen molar-refractivity contribution in [2.45, 2.75) is 27.7 Å². The lowest BCUT2D eigenvalue weighted by atomic mass is 9.84. The van der Waals surface area contributed by atoms with Crippen LogP contribution < -0.4 is 0 Å². The van der Waals surface area contributed by atoms with Crippen LogP contribution in [0.5, 0.6) is 0 Å². The quantitative estimate of drug-likeness (QED) is 0.166. The minimum Gasteiger partial charge on any atom is -0.256 e. The summed E-state index contributed by atoms with van der Waals surface area (Å²) in [5, 5.41) is 9.85. The van der Waals surface area contributed by atoms with Gasteiger partial charge in [0, 0.05) is 22.9 Å². The summed E-state index contributed by atoms with van der Waals surface area (Å²) in [6, 6.07) is 63.8. The first kappa shape index (κ1) is 34.8. The molecule has 0 aliphatic rings. The van der Waals surface area contributed by atoms with Crippen molar-refractivity contribution in [1.82, 2.24) is 9.97 Å². The maximum atomic E-state index is 5.37. The topological polar surface area (TPSA) is 25.8 Å². The van der Waals surface area contributed by atoms with Gasteiger partial charge in [0.1, 0.15) is 0 Å². The Bertz CT molecular complexity index is 3080. The zero-order valence-corrected chi connectivity index (χ0v) is 32.2. The number of pyridine rings is 2. The van der Waals surface area contributed by atoms with Crippen LogP contribution in [-0.4, -0.2) is 9.97 Å². The van der Waals surface area contributed by atoms with Crippen LogP contribution in [0.3, 0.4) is 0 Å². The molecule has 2 aromatic heterocycles. The Balaban J connectivity index is 0.00000202. The number of nitrogens with zero attached hydrogens (tertiary/aromatic N) is 2. The highest BCUT2D eigenvalue weighted by Gasteiger charge is 2.19. The average molecular weight is 719 g/mol. The fourth-order valence-corrected chi connectivity index (χ4v) is 8.34. The molecule has 2 heterocycles. The highest BCUT2D eigenvalue weighted by molar-refractivity contribution is 6.22. The molecule has 0 N–H and O–H groups in total. The summed E-state index contributed by atoms with van der Waals surface area (Å²) >= 11 is 0. The molecule has 0 amide bonds. The number of aromatic nitrogens is 2. The molecule has 0 bridgehead atoms. The van der Waals surface area contributed by atoms with Gasteiger partial charge in [0.25, 0.3) is 0 Å². The van der Waals surface area contributed by atoms with E-state index in [9.17, 15) is 0 Å². The number of rotatable bonds is 5. The van der Waals surface area contributed by atoms with E-state index in [1.807, 2.05) is 26.1 Å². The van der Waals surface area contributed by atoms with Crippen molar-refractivity contribution in [3.63, 3.8) is 0 Å². The third kappa shape index (κ3) is 6.10. The third-order valence-corrected chi connectivity index (χ3v) is 10.9. The molecule has 268 valence electrons. The molecule has 0 saturated heterocycles. The van der Waals surface area contributed by atoms with Gasteiger partial charge in [-0.05, 0) is 127 Å². The van der Waals surface area contributed by atoms with Crippen molar-refractivity contribution in [2.75, 3.05) is 0 Å². The summed E-state index contributed by atoms with van der Waals surface area (Å²) in [5.41, 5.74) is 13.4. The van der Waals surface area contributed by atoms with Gasteiger partial charge >= 0.3 is 0 Å². The van der Waals surface area contributed by atoms with Crippen LogP contribution in [0.2, 0.25) is 0 Å². The zero-order chi connectivity index (χ0) is 38.2. The smallest absolute Gasteiger partial charge is 0.0740 e. The second-order valence-electron chi connectivity index (χ2n) is 14.3. The predicted octanol–water partition coefficient (Wildman–Crippen LogP) is 15.1. The normalized spacial score (nSPS) is 11.2. The molecule has 0 atom stereocenters. The van der Waals surface area contributed by atoms with Crippen LogP contribution in [0.25, 0.3) is 99.1 Å². The fraction of sp³-hybridized carbons (Fsp3) is 0.0741. The maximum Gasteiger partial charge on any atom is 0.0740 e. The van der Waals surface area contributed by atoms with E-state index in [-0.39, 0.29) is 0 Å². The van der Waals surface area contributed by atoms with Crippen molar-refractivity contribution in [3.05, 3.63) is 193 Å². The van der Waals surface area contributed by atoms with Gasteiger partial charge < -0.3 is 0 Å². The summed E-state index contributed by atoms with van der Waals surface area (Å²) in [5.74, 6) is 0. The van der Waals surface area contributed by atoms with Crippen LogP contribution >= 0.6 is 0 Å². The van der Waals surface area contributed by atoms with Gasteiger partial charge in [-0.25, -0.2) is 4.98 Å². The molecule has 0 unspecified atom stereocenters. The van der Waals surface area contributed by atoms with E-state index < -0.39 is 0 Å². The van der Waals surface area contributed by atoms with Crippen LogP contribution in [0.1, 0.15) is 25.0 Å². The van der Waals surface area contributed by atoms with Crippen LogP contribution in [0.4, 0.5) is 0 Å². The molecule has 0 aliphatic carbocycles. The first-order valence-electron chi connectivity index (χ1n) is 19.6. The number of hydrogen-bond acceptors (Lipinski definition) is 2. The molecule has 0 fully saturated rings. The first-order valence-corrected chi connectivity index (χ1v) is 19.6. The van der Waals surface area contributed by atoms with E-state index in [4.69, 9.17) is 9.97 Å². The van der Waals surface area contributed by atoms with Gasteiger partial charge in [-0.1, -0.05) is 153 Å². The molecule has 10 aromatic rings. The van der Waals surface area contributed by atoms with E-state index in [1.54, 1.807) is 0 Å². The van der Waals surface area contributed by atoms with E-state index in [1.165, 1.54) is 70.9 Å². The van der Waals surface area contributed by atoms with Crippen LogP contribution in [-0.2, 0) is 0 Å². The SMILES string of the molecule is CC.Cc1cccnc1-c1c(C)cccc1-c1cccc(-c2ccc3c(-c4ccc5ccccc5c4)c4ccccc4c(-c4ccc5ccccc5c4)c3c2)n1. The van der Waals surface area contributed by atoms with Crippen molar-refractivity contribution in [2.24, 2.45) is 0 Å². The molecule has 10 rings (SSSR count). The largest absolute Gasteiger partial charge is 0.256 e. The van der Waals surface area contributed by atoms with E-state index in [2.05, 4.69) is 184 Å². The highest BCUT2D eigenvalue weighted by atomic mass is 14.7. The Morgan fingerprint density at radius 3 is 1.55 bits per heavy atom. The Morgan fingerprint density at radius 2 is 0.893 bits per heavy atom. The lowest BCUT2D eigenvalue weighted by molar-refractivity contribution is 1.25. The Morgan fingerprint density at radius 1 is 0.357 bits per heavy atom. The molecular weight excluding hydrogens is 677 g/mol. The number of benzene rings is 8. The molecule has 0 spiro atoms. The monoisotopic (exact) mass is 718 g/mol. The summed E-state index contributed by atoms with van der Waals surface area (Å²) in [6.45, 7) is 8.28. The standard InChI is InChI=1S/C52H36N2.C2H6/c1-33-12-9-20-45(49(33)52-34(2)13-11-29-53-52)48-22-10-21-47(54-48)39-27-28-44-46(32-39)51(41-26-24-36-15-4-6-17-38(36)31-41)43-19-8-7-18-42(43)50(44)40-25-23-35-14-3-5-16-37(35)30-40;1-2/h3-32H,1-2H3;1-2H3. The van der Waals surface area contributed by atoms with Gasteiger partial charge in [0.2, 0.25) is 0 Å². The van der Waals surface area contributed by atoms with Gasteiger partial charge in [0.15, 0.2) is 0 Å². The van der Waals surface area contributed by atoms with E-state index in [0.29, 0.717) is 0 Å². The van der Waals surface area contributed by atoms with Crippen molar-refractivity contribution in [3.8, 4) is 56.0 Å². The fourth-order valence-electron chi connectivity index (χ4n) is 8.34. The third-order valence-electron chi connectivity index (χ3n) is 10.9. The van der Waals surface area contributed by atoms with Crippen LogP contribution in [0, 0.1) is 13.8 Å². The molecule has 56 heavy (non-hydrogen) atoms. The molecule has 8 aromatic carbocycles. The van der Waals surface area contributed by atoms with E-state index in [0.717, 1.165) is 39.3 Å². The molecular formula is C54H42N2. The Hall–Kier alpha value is -6.90. The second kappa shape index (κ2) is 14.7. The van der Waals surface area contributed by atoms with E-state index >= 15 is 0 Å². The molecule has 2 nitrogen and oxygen atoms in total. The molecule has 0 aliphatic heterocycles. The Labute approximate surface area is 328 Å². The van der Waals surface area contributed by atoms with Gasteiger partial charge in [-0.15, -0.1) is 0 Å². The average Bonchev–Trinajstić information content (AvgIpc) is 3.26. The highest BCUT2D eigenvalue weighted by Crippen LogP contribution is 2.46. The summed E-state index contributed by atoms with van der Waals surface area (Å²) < 4.78 is 0. The summed E-state index contributed by atoms with van der Waals surface area (Å²) in [7, 11) is 0. The summed E-state index contributed by atoms with van der Waals surface area (Å²) in [4.78, 5) is 10.2.